The maximum Gasteiger partial charge on any atom is 0.260 e. The molecule has 0 spiro atoms. The van der Waals surface area contributed by atoms with Gasteiger partial charge in [-0.1, -0.05) is 42.3 Å². The molecule has 48 heavy (non-hydrogen) atoms. The molecular formula is C36H32BrClFN3O6. The van der Waals surface area contributed by atoms with E-state index in [0.717, 1.165) is 10.6 Å². The molecule has 2 N–H and O–H groups in total. The number of phenols is 1. The van der Waals surface area contributed by atoms with Crippen LogP contribution in [0.15, 0.2) is 76.8 Å². The van der Waals surface area contributed by atoms with E-state index in [1.54, 1.807) is 36.4 Å². The second-order valence-corrected chi connectivity index (χ2v) is 14.0. The monoisotopic (exact) mass is 735 g/mol. The van der Waals surface area contributed by atoms with Gasteiger partial charge in [0.05, 0.1) is 40.4 Å². The van der Waals surface area contributed by atoms with Gasteiger partial charge in [-0.15, -0.1) is 0 Å². The SMILES string of the molecule is CCCN1C(=O)C2CC=C3C(CC4C(=O)N(Nc5ccc(F)cc5)C(=O)C4(c4ccc(Cl)cc4)C3c3cc(Br)c(O)c(OC)c3)C2C1=O. The Morgan fingerprint density at radius 1 is 1.02 bits per heavy atom. The zero-order chi connectivity index (χ0) is 34.1. The predicted molar refractivity (Wildman–Crippen MR) is 178 cm³/mol. The molecular weight excluding hydrogens is 705 g/mol. The number of phenolic OH excluding ortho intramolecular Hbond substituents is 1. The van der Waals surface area contributed by atoms with Gasteiger partial charge in [0.25, 0.3) is 11.8 Å². The Hall–Kier alpha value is -4.22. The molecule has 1 saturated carbocycles. The highest BCUT2D eigenvalue weighted by atomic mass is 79.9. The van der Waals surface area contributed by atoms with Gasteiger partial charge >= 0.3 is 0 Å². The van der Waals surface area contributed by atoms with Crippen molar-refractivity contribution < 1.29 is 33.4 Å². The molecule has 0 radical (unpaired) electrons. The quantitative estimate of drug-likeness (QED) is 0.215. The lowest BCUT2D eigenvalue weighted by Crippen LogP contribution is -2.53. The Bertz CT molecular complexity index is 1890. The highest BCUT2D eigenvalue weighted by Crippen LogP contribution is 2.64. The number of anilines is 1. The number of hydrazine groups is 1. The van der Waals surface area contributed by atoms with E-state index in [1.807, 2.05) is 13.0 Å². The fraction of sp³-hybridized carbons (Fsp3) is 0.333. The first-order valence-corrected chi connectivity index (χ1v) is 17.0. The second-order valence-electron chi connectivity index (χ2n) is 12.8. The molecule has 4 aliphatic rings. The molecule has 0 bridgehead atoms. The number of hydrogen-bond donors (Lipinski definition) is 2. The van der Waals surface area contributed by atoms with E-state index >= 15 is 4.79 Å². The van der Waals surface area contributed by atoms with Gasteiger partial charge in [0, 0.05) is 17.5 Å². The van der Waals surface area contributed by atoms with Crippen LogP contribution in [-0.2, 0) is 24.6 Å². The van der Waals surface area contributed by atoms with Gasteiger partial charge in [-0.25, -0.2) is 4.39 Å². The van der Waals surface area contributed by atoms with Crippen LogP contribution in [0.4, 0.5) is 10.1 Å². The summed E-state index contributed by atoms with van der Waals surface area (Å²) in [5, 5.41) is 12.2. The van der Waals surface area contributed by atoms with Crippen molar-refractivity contribution in [3.63, 3.8) is 0 Å². The summed E-state index contributed by atoms with van der Waals surface area (Å²) >= 11 is 9.78. The fourth-order valence-corrected chi connectivity index (χ4v) is 9.04. The van der Waals surface area contributed by atoms with Crippen molar-refractivity contribution in [3.8, 4) is 11.5 Å². The lowest BCUT2D eigenvalue weighted by Gasteiger charge is -2.50. The molecule has 3 fully saturated rings. The number of amides is 4. The van der Waals surface area contributed by atoms with Crippen molar-refractivity contribution in [2.45, 2.75) is 37.5 Å². The molecule has 6 atom stereocenters. The number of allylic oxidation sites excluding steroid dienone is 2. The average Bonchev–Trinajstić information content (AvgIpc) is 3.44. The normalized spacial score (nSPS) is 27.9. The number of methoxy groups -OCH3 is 1. The predicted octanol–water partition coefficient (Wildman–Crippen LogP) is 6.35. The third kappa shape index (κ3) is 4.69. The van der Waals surface area contributed by atoms with Crippen LogP contribution in [0.5, 0.6) is 11.5 Å². The van der Waals surface area contributed by atoms with Crippen LogP contribution in [0.25, 0.3) is 0 Å². The Morgan fingerprint density at radius 3 is 2.40 bits per heavy atom. The van der Waals surface area contributed by atoms with Crippen molar-refractivity contribution in [2.24, 2.45) is 23.7 Å². The Balaban J connectivity index is 1.48. The fourth-order valence-electron chi connectivity index (χ4n) is 8.46. The van der Waals surface area contributed by atoms with Gasteiger partial charge in [-0.3, -0.25) is 29.5 Å². The van der Waals surface area contributed by atoms with E-state index in [0.29, 0.717) is 45.7 Å². The van der Waals surface area contributed by atoms with Crippen LogP contribution in [0.1, 0.15) is 43.2 Å². The minimum Gasteiger partial charge on any atom is -0.503 e. The van der Waals surface area contributed by atoms with Crippen LogP contribution in [0.2, 0.25) is 5.02 Å². The third-order valence-corrected chi connectivity index (χ3v) is 11.3. The number of imide groups is 2. The van der Waals surface area contributed by atoms with Gasteiger partial charge in [0.15, 0.2) is 11.5 Å². The Kier molecular flexibility index (Phi) is 8.10. The lowest BCUT2D eigenvalue weighted by atomic mass is 9.49. The smallest absolute Gasteiger partial charge is 0.260 e. The number of benzene rings is 3. The largest absolute Gasteiger partial charge is 0.503 e. The van der Waals surface area contributed by atoms with Gasteiger partial charge in [-0.05, 0) is 101 Å². The van der Waals surface area contributed by atoms with E-state index in [2.05, 4.69) is 21.4 Å². The van der Waals surface area contributed by atoms with Gasteiger partial charge in [0.1, 0.15) is 5.82 Å². The minimum atomic E-state index is -1.54. The number of halogens is 3. The van der Waals surface area contributed by atoms with Crippen LogP contribution in [0.3, 0.4) is 0 Å². The summed E-state index contributed by atoms with van der Waals surface area (Å²) in [6.07, 6.45) is 3.01. The van der Waals surface area contributed by atoms with E-state index in [4.69, 9.17) is 16.3 Å². The molecule has 2 aliphatic heterocycles. The summed E-state index contributed by atoms with van der Waals surface area (Å²) in [7, 11) is 1.42. The first kappa shape index (κ1) is 32.3. The van der Waals surface area contributed by atoms with E-state index < -0.39 is 52.6 Å². The number of likely N-dealkylation sites (tertiary alicyclic amines) is 1. The van der Waals surface area contributed by atoms with Crippen molar-refractivity contribution >= 4 is 56.8 Å². The van der Waals surface area contributed by atoms with Crippen LogP contribution >= 0.6 is 27.5 Å². The molecule has 4 amide bonds. The molecule has 3 aromatic rings. The molecule has 0 aromatic heterocycles. The highest BCUT2D eigenvalue weighted by Gasteiger charge is 2.70. The van der Waals surface area contributed by atoms with Crippen molar-refractivity contribution in [1.82, 2.24) is 9.91 Å². The van der Waals surface area contributed by atoms with Crippen molar-refractivity contribution in [3.05, 3.63) is 98.8 Å². The zero-order valence-electron chi connectivity index (χ0n) is 26.1. The van der Waals surface area contributed by atoms with Crippen molar-refractivity contribution in [1.29, 1.82) is 0 Å². The summed E-state index contributed by atoms with van der Waals surface area (Å²) in [6.45, 7) is 2.22. The van der Waals surface area contributed by atoms with Gasteiger partial charge < -0.3 is 9.84 Å². The summed E-state index contributed by atoms with van der Waals surface area (Å²) in [5.74, 6) is -5.59. The van der Waals surface area contributed by atoms with E-state index in [1.165, 1.54) is 36.3 Å². The summed E-state index contributed by atoms with van der Waals surface area (Å²) in [6, 6.07) is 15.5. The number of carbonyl (C=O) groups is 4. The van der Waals surface area contributed by atoms with Gasteiger partial charge in [0.2, 0.25) is 11.8 Å². The number of fused-ring (bicyclic) bond motifs is 4. The second kappa shape index (κ2) is 12.0. The van der Waals surface area contributed by atoms with Crippen LogP contribution in [-0.4, -0.2) is 52.3 Å². The molecule has 2 saturated heterocycles. The lowest BCUT2D eigenvalue weighted by molar-refractivity contribution is -0.141. The van der Waals surface area contributed by atoms with E-state index in [9.17, 15) is 23.9 Å². The maximum absolute atomic E-state index is 15.2. The van der Waals surface area contributed by atoms with E-state index in [-0.39, 0.29) is 29.7 Å². The van der Waals surface area contributed by atoms with Crippen molar-refractivity contribution in [2.75, 3.05) is 19.1 Å². The van der Waals surface area contributed by atoms with Crippen LogP contribution in [0, 0.1) is 29.5 Å². The molecule has 12 heteroatoms. The summed E-state index contributed by atoms with van der Waals surface area (Å²) < 4.78 is 19.7. The molecule has 6 unspecified atom stereocenters. The number of nitrogens with zero attached hydrogens (tertiary/aromatic N) is 2. The summed E-state index contributed by atoms with van der Waals surface area (Å²) in [5.41, 5.74) is 3.59. The molecule has 2 aliphatic carbocycles. The van der Waals surface area contributed by atoms with Crippen LogP contribution < -0.4 is 10.2 Å². The third-order valence-electron chi connectivity index (χ3n) is 10.4. The first-order valence-electron chi connectivity index (χ1n) is 15.8. The number of rotatable bonds is 7. The molecule has 248 valence electrons. The Morgan fingerprint density at radius 2 is 1.73 bits per heavy atom. The number of carbonyl (C=O) groups excluding carboxylic acids is 4. The molecule has 7 rings (SSSR count). The topological polar surface area (TPSA) is 116 Å². The highest BCUT2D eigenvalue weighted by molar-refractivity contribution is 9.10. The Labute approximate surface area is 289 Å². The number of nitrogens with one attached hydrogen (secondary N) is 1. The molecule has 2 heterocycles. The molecule has 3 aromatic carbocycles. The zero-order valence-corrected chi connectivity index (χ0v) is 28.4. The summed E-state index contributed by atoms with van der Waals surface area (Å²) in [4.78, 5) is 58.7. The average molecular weight is 737 g/mol. The number of hydrogen-bond acceptors (Lipinski definition) is 7. The minimum absolute atomic E-state index is 0.133. The number of ether oxygens (including phenoxy) is 1. The molecule has 9 nitrogen and oxygen atoms in total. The maximum atomic E-state index is 15.2. The van der Waals surface area contributed by atoms with Gasteiger partial charge in [-0.2, -0.15) is 5.01 Å². The number of aromatic hydroxyl groups is 1. The standard InChI is InChI=1S/C36H32BrClFN3O6/c1-3-14-41-32(44)24-13-12-23-25(29(24)34(41)46)17-26-33(45)42(40-22-10-8-21(39)9-11-22)35(47)36(26,19-4-6-20(38)7-5-19)30(23)18-15-27(37)31(43)28(16-18)48-2/h4-12,15-16,24-26,29-30,40,43H,3,13-14,17H2,1-2H3. The first-order chi connectivity index (χ1) is 23.0.